The number of hydrogen-bond donors (Lipinski definition) is 0. The van der Waals surface area contributed by atoms with Gasteiger partial charge in [0.05, 0.1) is 16.6 Å². The third-order valence-electron chi connectivity index (χ3n) is 6.65. The van der Waals surface area contributed by atoms with Gasteiger partial charge in [0.1, 0.15) is 11.4 Å². The number of thiophene rings is 1. The van der Waals surface area contributed by atoms with E-state index in [-0.39, 0.29) is 30.0 Å². The maximum Gasteiger partial charge on any atom is 0.264 e. The summed E-state index contributed by atoms with van der Waals surface area (Å²) in [6.45, 7) is 10.8. The molecule has 2 amide bonds. The van der Waals surface area contributed by atoms with Crippen LogP contribution < -0.4 is 5.56 Å². The molecule has 2 aromatic heterocycles. The molecule has 2 aliphatic rings. The number of piperazine rings is 1. The predicted octanol–water partition coefficient (Wildman–Crippen LogP) is 1.95. The number of rotatable bonds is 4. The second kappa shape index (κ2) is 9.08. The first-order valence-electron chi connectivity index (χ1n) is 11.2. The summed E-state index contributed by atoms with van der Waals surface area (Å²) in [6, 6.07) is 0.203. The van der Waals surface area contributed by atoms with Gasteiger partial charge in [0.15, 0.2) is 0 Å². The number of amides is 2. The van der Waals surface area contributed by atoms with Gasteiger partial charge in [-0.05, 0) is 45.2 Å². The Morgan fingerprint density at radius 2 is 1.90 bits per heavy atom. The predicted molar refractivity (Wildman–Crippen MR) is 122 cm³/mol. The Morgan fingerprint density at radius 3 is 2.58 bits per heavy atom. The van der Waals surface area contributed by atoms with Gasteiger partial charge in [-0.25, -0.2) is 4.98 Å². The number of nitrogens with zero attached hydrogens (tertiary/aromatic N) is 5. The molecule has 4 rings (SSSR count). The monoisotopic (exact) mass is 445 g/mol. The molecule has 2 aromatic rings. The molecule has 0 aliphatic carbocycles. The van der Waals surface area contributed by atoms with Gasteiger partial charge in [-0.1, -0.05) is 6.92 Å². The number of aromatic nitrogens is 2. The van der Waals surface area contributed by atoms with Gasteiger partial charge in [-0.2, -0.15) is 0 Å². The summed E-state index contributed by atoms with van der Waals surface area (Å²) in [5, 5.41) is 0.461. The highest BCUT2D eigenvalue weighted by molar-refractivity contribution is 7.20. The lowest BCUT2D eigenvalue weighted by Gasteiger charge is -2.33. The molecule has 0 aromatic carbocycles. The van der Waals surface area contributed by atoms with Crippen molar-refractivity contribution in [2.75, 3.05) is 39.3 Å². The van der Waals surface area contributed by atoms with E-state index in [2.05, 4.69) is 23.7 Å². The molecule has 0 saturated carbocycles. The first-order chi connectivity index (χ1) is 14.9. The molecule has 2 saturated heterocycles. The van der Waals surface area contributed by atoms with Crippen molar-refractivity contribution in [1.29, 1.82) is 0 Å². The molecule has 168 valence electrons. The molecule has 1 atom stereocenters. The van der Waals surface area contributed by atoms with E-state index >= 15 is 0 Å². The molecule has 4 heterocycles. The van der Waals surface area contributed by atoms with E-state index in [0.29, 0.717) is 33.7 Å². The van der Waals surface area contributed by atoms with Crippen LogP contribution >= 0.6 is 11.3 Å². The fraction of sp³-hybridized carbons (Fsp3) is 0.636. The van der Waals surface area contributed by atoms with Crippen LogP contribution in [0.1, 0.15) is 48.3 Å². The van der Waals surface area contributed by atoms with E-state index in [1.807, 2.05) is 16.7 Å². The Hall–Kier alpha value is -2.26. The van der Waals surface area contributed by atoms with Gasteiger partial charge in [0.2, 0.25) is 5.91 Å². The molecular weight excluding hydrogens is 414 g/mol. The topological polar surface area (TPSA) is 78.8 Å². The van der Waals surface area contributed by atoms with Crippen LogP contribution in [-0.4, -0.2) is 81.4 Å². The van der Waals surface area contributed by atoms with Gasteiger partial charge in [-0.15, -0.1) is 11.3 Å². The van der Waals surface area contributed by atoms with Gasteiger partial charge in [0, 0.05) is 38.8 Å². The van der Waals surface area contributed by atoms with Crippen molar-refractivity contribution in [2.45, 2.75) is 52.6 Å². The molecule has 0 spiro atoms. The Bertz CT molecular complexity index is 1040. The lowest BCUT2D eigenvalue weighted by molar-refractivity contribution is -0.135. The van der Waals surface area contributed by atoms with Crippen LogP contribution in [0.15, 0.2) is 11.1 Å². The fourth-order valence-corrected chi connectivity index (χ4v) is 5.70. The van der Waals surface area contributed by atoms with Crippen LogP contribution in [0, 0.1) is 6.92 Å². The number of likely N-dealkylation sites (N-methyl/N-ethyl adjacent to an activating group) is 1. The Kier molecular flexibility index (Phi) is 6.43. The van der Waals surface area contributed by atoms with Crippen LogP contribution in [0.5, 0.6) is 0 Å². The molecule has 31 heavy (non-hydrogen) atoms. The normalized spacial score (nSPS) is 20.4. The first-order valence-corrected chi connectivity index (χ1v) is 12.0. The zero-order valence-electron chi connectivity index (χ0n) is 18.6. The third kappa shape index (κ3) is 4.25. The summed E-state index contributed by atoms with van der Waals surface area (Å²) in [7, 11) is 0. The second-order valence-corrected chi connectivity index (χ2v) is 9.57. The third-order valence-corrected chi connectivity index (χ3v) is 7.83. The molecule has 8 nitrogen and oxygen atoms in total. The van der Waals surface area contributed by atoms with E-state index in [9.17, 15) is 14.4 Å². The molecule has 2 fully saturated rings. The maximum atomic E-state index is 13.2. The molecule has 1 unspecified atom stereocenters. The van der Waals surface area contributed by atoms with Gasteiger partial charge in [0.25, 0.3) is 11.5 Å². The molecule has 0 radical (unpaired) electrons. The first kappa shape index (κ1) is 22.0. The molecule has 0 bridgehead atoms. The summed E-state index contributed by atoms with van der Waals surface area (Å²) in [5.74, 6) is -0.0751. The van der Waals surface area contributed by atoms with E-state index in [1.54, 1.807) is 0 Å². The van der Waals surface area contributed by atoms with Crippen LogP contribution in [0.4, 0.5) is 0 Å². The van der Waals surface area contributed by atoms with E-state index in [4.69, 9.17) is 0 Å². The summed E-state index contributed by atoms with van der Waals surface area (Å²) in [6.07, 6.45) is 4.58. The minimum absolute atomic E-state index is 0.0103. The van der Waals surface area contributed by atoms with Crippen molar-refractivity contribution in [3.8, 4) is 0 Å². The van der Waals surface area contributed by atoms with Crippen molar-refractivity contribution < 1.29 is 9.59 Å². The Morgan fingerprint density at radius 1 is 1.16 bits per heavy atom. The lowest BCUT2D eigenvalue weighted by Crippen LogP contribution is -2.48. The van der Waals surface area contributed by atoms with E-state index in [0.717, 1.165) is 45.4 Å². The Balaban J connectivity index is 1.57. The molecule has 2 aliphatic heterocycles. The highest BCUT2D eigenvalue weighted by Gasteiger charge is 2.27. The average molecular weight is 446 g/mol. The highest BCUT2D eigenvalue weighted by atomic mass is 32.1. The highest BCUT2D eigenvalue weighted by Crippen LogP contribution is 2.28. The lowest BCUT2D eigenvalue weighted by atomic mass is 10.0. The second-order valence-electron chi connectivity index (χ2n) is 8.57. The maximum absolute atomic E-state index is 13.2. The number of hydrogen-bond acceptors (Lipinski definition) is 6. The Labute approximate surface area is 186 Å². The largest absolute Gasteiger partial charge is 0.338 e. The fourth-order valence-electron chi connectivity index (χ4n) is 4.59. The zero-order valence-corrected chi connectivity index (χ0v) is 19.4. The summed E-state index contributed by atoms with van der Waals surface area (Å²) >= 11 is 1.28. The zero-order chi connectivity index (χ0) is 22.1. The van der Waals surface area contributed by atoms with Gasteiger partial charge >= 0.3 is 0 Å². The van der Waals surface area contributed by atoms with Gasteiger partial charge in [-0.3, -0.25) is 19.0 Å². The van der Waals surface area contributed by atoms with E-state index in [1.165, 1.54) is 22.2 Å². The number of carbonyl (C=O) groups is 2. The number of carbonyl (C=O) groups excluding carboxylic acids is 2. The minimum Gasteiger partial charge on any atom is -0.338 e. The quantitative estimate of drug-likeness (QED) is 0.719. The summed E-state index contributed by atoms with van der Waals surface area (Å²) in [4.78, 5) is 50.7. The smallest absolute Gasteiger partial charge is 0.264 e. The number of fused-ring (bicyclic) bond motifs is 1. The standard InChI is InChI=1S/C22H31N5O3S/c1-4-24-9-11-25(12-10-24)22(30)19-16(3)18-20(31-19)23-14-26(21(18)29)13-17(28)27-8-6-5-7-15(27)2/h14-15H,4-13H2,1-3H3. The van der Waals surface area contributed by atoms with Crippen molar-refractivity contribution in [1.82, 2.24) is 24.3 Å². The number of piperidine rings is 1. The number of likely N-dealkylation sites (tertiary alicyclic amines) is 1. The van der Waals surface area contributed by atoms with Crippen LogP contribution in [0.3, 0.4) is 0 Å². The molecular formula is C22H31N5O3S. The SMILES string of the molecule is CCN1CCN(C(=O)c2sc3ncn(CC(=O)N4CCCCC4C)c(=O)c3c2C)CC1. The van der Waals surface area contributed by atoms with E-state index < -0.39 is 0 Å². The van der Waals surface area contributed by atoms with Crippen molar-refractivity contribution in [2.24, 2.45) is 0 Å². The minimum atomic E-state index is -0.244. The summed E-state index contributed by atoms with van der Waals surface area (Å²) < 4.78 is 1.39. The van der Waals surface area contributed by atoms with Crippen LogP contribution in [0.2, 0.25) is 0 Å². The number of aryl methyl sites for hydroxylation is 1. The van der Waals surface area contributed by atoms with Crippen molar-refractivity contribution >= 4 is 33.4 Å². The van der Waals surface area contributed by atoms with Crippen molar-refractivity contribution in [3.05, 3.63) is 27.1 Å². The van der Waals surface area contributed by atoms with Crippen LogP contribution in [-0.2, 0) is 11.3 Å². The van der Waals surface area contributed by atoms with Gasteiger partial charge < -0.3 is 14.7 Å². The molecule has 0 N–H and O–H groups in total. The summed E-state index contributed by atoms with van der Waals surface area (Å²) in [5.41, 5.74) is 0.431. The van der Waals surface area contributed by atoms with Crippen molar-refractivity contribution in [3.63, 3.8) is 0 Å². The average Bonchev–Trinajstić information content (AvgIpc) is 3.12. The van der Waals surface area contributed by atoms with Crippen LogP contribution in [0.25, 0.3) is 10.2 Å². The molecule has 9 heteroatoms.